The van der Waals surface area contributed by atoms with E-state index in [1.165, 1.54) is 15.6 Å². The Kier molecular flexibility index (Phi) is 5.83. The SMILES string of the molecule is C=C(C)CN(CC)C(=O)[C@@H]1Cc2ccccc2CN1S(=O)(=O)c1cccs1. The number of thiophene rings is 1. The first-order chi connectivity index (χ1) is 12.8. The highest BCUT2D eigenvalue weighted by Gasteiger charge is 2.41. The monoisotopic (exact) mass is 404 g/mol. The van der Waals surface area contributed by atoms with Crippen LogP contribution in [0.4, 0.5) is 0 Å². The van der Waals surface area contributed by atoms with Gasteiger partial charge >= 0.3 is 0 Å². The van der Waals surface area contributed by atoms with Gasteiger partial charge in [0, 0.05) is 19.6 Å². The average molecular weight is 405 g/mol. The van der Waals surface area contributed by atoms with Crippen molar-refractivity contribution in [1.29, 1.82) is 0 Å². The molecule has 7 heteroatoms. The number of carbonyl (C=O) groups is 1. The molecule has 1 aliphatic heterocycles. The first kappa shape index (κ1) is 19.8. The number of nitrogens with zero attached hydrogens (tertiary/aromatic N) is 2. The van der Waals surface area contributed by atoms with E-state index in [-0.39, 0.29) is 16.7 Å². The Labute approximate surface area is 165 Å². The minimum atomic E-state index is -3.74. The lowest BCUT2D eigenvalue weighted by atomic mass is 9.95. The minimum absolute atomic E-state index is 0.171. The molecule has 1 aliphatic rings. The van der Waals surface area contributed by atoms with Crippen molar-refractivity contribution in [2.75, 3.05) is 13.1 Å². The highest BCUT2D eigenvalue weighted by Crippen LogP contribution is 2.31. The Morgan fingerprint density at radius 1 is 1.26 bits per heavy atom. The second-order valence-corrected chi connectivity index (χ2v) is 9.85. The maximum absolute atomic E-state index is 13.3. The van der Waals surface area contributed by atoms with Gasteiger partial charge < -0.3 is 4.90 Å². The molecule has 3 rings (SSSR count). The second-order valence-electron chi connectivity index (χ2n) is 6.78. The third-order valence-electron chi connectivity index (χ3n) is 4.70. The number of hydrogen-bond acceptors (Lipinski definition) is 4. The smallest absolute Gasteiger partial charge is 0.253 e. The molecule has 1 aromatic carbocycles. The third kappa shape index (κ3) is 4.00. The van der Waals surface area contributed by atoms with Gasteiger partial charge in [-0.05, 0) is 42.8 Å². The van der Waals surface area contributed by atoms with Gasteiger partial charge in [-0.1, -0.05) is 42.5 Å². The summed E-state index contributed by atoms with van der Waals surface area (Å²) >= 11 is 1.17. The summed E-state index contributed by atoms with van der Waals surface area (Å²) in [6.45, 7) is 8.80. The van der Waals surface area contributed by atoms with Crippen molar-refractivity contribution in [3.63, 3.8) is 0 Å². The summed E-state index contributed by atoms with van der Waals surface area (Å²) in [6.07, 6.45) is 0.381. The third-order valence-corrected chi connectivity index (χ3v) is 7.93. The average Bonchev–Trinajstić information content (AvgIpc) is 3.20. The molecule has 0 saturated heterocycles. The largest absolute Gasteiger partial charge is 0.338 e. The maximum Gasteiger partial charge on any atom is 0.253 e. The molecule has 0 bridgehead atoms. The molecular weight excluding hydrogens is 380 g/mol. The molecule has 1 aromatic heterocycles. The van der Waals surface area contributed by atoms with Crippen LogP contribution in [0.3, 0.4) is 0 Å². The number of carbonyl (C=O) groups excluding carboxylic acids is 1. The van der Waals surface area contributed by atoms with Crippen LogP contribution in [0.15, 0.2) is 58.1 Å². The van der Waals surface area contributed by atoms with Gasteiger partial charge in [-0.3, -0.25) is 4.79 Å². The van der Waals surface area contributed by atoms with Crippen LogP contribution in [0.2, 0.25) is 0 Å². The van der Waals surface area contributed by atoms with E-state index in [1.807, 2.05) is 38.1 Å². The van der Waals surface area contributed by atoms with Gasteiger partial charge in [0.1, 0.15) is 10.3 Å². The van der Waals surface area contributed by atoms with E-state index in [2.05, 4.69) is 6.58 Å². The first-order valence-electron chi connectivity index (χ1n) is 8.90. The Balaban J connectivity index is 2.02. The highest BCUT2D eigenvalue weighted by molar-refractivity contribution is 7.91. The number of amides is 1. The summed E-state index contributed by atoms with van der Waals surface area (Å²) in [5, 5.41) is 1.74. The van der Waals surface area contributed by atoms with Gasteiger partial charge in [0.15, 0.2) is 0 Å². The summed E-state index contributed by atoms with van der Waals surface area (Å²) in [4.78, 5) is 15.0. The molecule has 0 N–H and O–H groups in total. The molecule has 0 radical (unpaired) electrons. The summed E-state index contributed by atoms with van der Waals surface area (Å²) in [5.41, 5.74) is 2.85. The van der Waals surface area contributed by atoms with Gasteiger partial charge in [-0.2, -0.15) is 4.31 Å². The first-order valence-corrected chi connectivity index (χ1v) is 11.2. The Morgan fingerprint density at radius 3 is 2.56 bits per heavy atom. The molecule has 144 valence electrons. The van der Waals surface area contributed by atoms with Gasteiger partial charge in [0.05, 0.1) is 0 Å². The molecule has 0 spiro atoms. The quantitative estimate of drug-likeness (QED) is 0.694. The van der Waals surface area contributed by atoms with Crippen LogP contribution in [0.25, 0.3) is 0 Å². The van der Waals surface area contributed by atoms with Gasteiger partial charge in [0.25, 0.3) is 10.0 Å². The van der Waals surface area contributed by atoms with Crippen LogP contribution >= 0.6 is 11.3 Å². The van der Waals surface area contributed by atoms with Gasteiger partial charge in [-0.15, -0.1) is 11.3 Å². The molecule has 27 heavy (non-hydrogen) atoms. The molecule has 1 amide bonds. The van der Waals surface area contributed by atoms with Crippen molar-refractivity contribution >= 4 is 27.3 Å². The van der Waals surface area contributed by atoms with Crippen LogP contribution < -0.4 is 0 Å². The van der Waals surface area contributed by atoms with E-state index in [9.17, 15) is 13.2 Å². The zero-order valence-electron chi connectivity index (χ0n) is 15.6. The topological polar surface area (TPSA) is 57.7 Å². The zero-order chi connectivity index (χ0) is 19.6. The molecule has 5 nitrogen and oxygen atoms in total. The van der Waals surface area contributed by atoms with E-state index in [4.69, 9.17) is 0 Å². The number of hydrogen-bond donors (Lipinski definition) is 0. The summed E-state index contributed by atoms with van der Waals surface area (Å²) in [5.74, 6) is -0.171. The predicted octanol–water partition coefficient (Wildman–Crippen LogP) is 3.29. The normalized spacial score (nSPS) is 17.3. The predicted molar refractivity (Wildman–Crippen MR) is 108 cm³/mol. The maximum atomic E-state index is 13.3. The van der Waals surface area contributed by atoms with Crippen LogP contribution in [-0.4, -0.2) is 42.7 Å². The van der Waals surface area contributed by atoms with Crippen molar-refractivity contribution < 1.29 is 13.2 Å². The van der Waals surface area contributed by atoms with E-state index in [1.54, 1.807) is 22.4 Å². The fraction of sp³-hybridized carbons (Fsp3) is 0.350. The van der Waals surface area contributed by atoms with Gasteiger partial charge in [0.2, 0.25) is 5.91 Å². The molecule has 0 aliphatic carbocycles. The van der Waals surface area contributed by atoms with Crippen molar-refractivity contribution in [1.82, 2.24) is 9.21 Å². The van der Waals surface area contributed by atoms with Crippen molar-refractivity contribution in [3.8, 4) is 0 Å². The summed E-state index contributed by atoms with van der Waals surface area (Å²) < 4.78 is 28.1. The number of benzene rings is 1. The summed E-state index contributed by atoms with van der Waals surface area (Å²) in [7, 11) is -3.74. The highest BCUT2D eigenvalue weighted by atomic mass is 32.2. The molecule has 1 atom stereocenters. The standard InChI is InChI=1S/C20H24N2O3S2/c1-4-21(13-15(2)3)20(23)18-12-16-8-5-6-9-17(16)14-22(18)27(24,25)19-10-7-11-26-19/h5-11,18H,2,4,12-14H2,1,3H3/t18-/m0/s1. The van der Waals surface area contributed by atoms with E-state index < -0.39 is 16.1 Å². The molecule has 2 aromatic rings. The Bertz CT molecular complexity index is 936. The lowest BCUT2D eigenvalue weighted by molar-refractivity contribution is -0.135. The van der Waals surface area contributed by atoms with Crippen molar-refractivity contribution in [2.24, 2.45) is 0 Å². The lowest BCUT2D eigenvalue weighted by Crippen LogP contribution is -2.53. The zero-order valence-corrected chi connectivity index (χ0v) is 17.2. The number of likely N-dealkylation sites (N-methyl/N-ethyl adjacent to an activating group) is 1. The van der Waals surface area contributed by atoms with Crippen LogP contribution in [0, 0.1) is 0 Å². The van der Waals surface area contributed by atoms with E-state index >= 15 is 0 Å². The van der Waals surface area contributed by atoms with Gasteiger partial charge in [-0.25, -0.2) is 8.42 Å². The lowest BCUT2D eigenvalue weighted by Gasteiger charge is -2.37. The molecular formula is C20H24N2O3S2. The Morgan fingerprint density at radius 2 is 1.96 bits per heavy atom. The van der Waals surface area contributed by atoms with Crippen LogP contribution in [0.5, 0.6) is 0 Å². The molecule has 0 fully saturated rings. The van der Waals surface area contributed by atoms with Crippen molar-refractivity contribution in [3.05, 3.63) is 65.1 Å². The Hall–Kier alpha value is -1.96. The second kappa shape index (κ2) is 7.96. The fourth-order valence-corrected chi connectivity index (χ4v) is 6.05. The number of rotatable bonds is 6. The minimum Gasteiger partial charge on any atom is -0.338 e. The number of sulfonamides is 1. The number of fused-ring (bicyclic) bond motifs is 1. The van der Waals surface area contributed by atoms with E-state index in [0.717, 1.165) is 16.7 Å². The molecule has 0 unspecified atom stereocenters. The molecule has 2 heterocycles. The van der Waals surface area contributed by atoms with E-state index in [0.29, 0.717) is 19.5 Å². The van der Waals surface area contributed by atoms with Crippen LogP contribution in [-0.2, 0) is 27.8 Å². The van der Waals surface area contributed by atoms with Crippen molar-refractivity contribution in [2.45, 2.75) is 37.1 Å². The fourth-order valence-electron chi connectivity index (χ4n) is 3.37. The summed E-state index contributed by atoms with van der Waals surface area (Å²) in [6, 6.07) is 10.3. The van der Waals surface area contributed by atoms with Crippen LogP contribution in [0.1, 0.15) is 25.0 Å². The molecule has 0 saturated carbocycles.